The third-order valence-electron chi connectivity index (χ3n) is 3.44. The minimum atomic E-state index is -0.383. The molecule has 0 saturated carbocycles. The summed E-state index contributed by atoms with van der Waals surface area (Å²) in [6.07, 6.45) is 0. The van der Waals surface area contributed by atoms with Gasteiger partial charge in [0, 0.05) is 28.6 Å². The van der Waals surface area contributed by atoms with E-state index < -0.39 is 0 Å². The van der Waals surface area contributed by atoms with E-state index in [1.807, 2.05) is 6.92 Å². The van der Waals surface area contributed by atoms with Crippen LogP contribution in [0.1, 0.15) is 18.5 Å². The number of non-ortho nitro benzene ring substituents is 1. The minimum absolute atomic E-state index is 0.0851. The Kier molecular flexibility index (Phi) is 3.58. The van der Waals surface area contributed by atoms with E-state index in [4.69, 9.17) is 0 Å². The van der Waals surface area contributed by atoms with Gasteiger partial charge >= 0.3 is 0 Å². The van der Waals surface area contributed by atoms with Gasteiger partial charge in [0.15, 0.2) is 0 Å². The number of hydrogen-bond donors (Lipinski definition) is 1. The van der Waals surface area contributed by atoms with Crippen LogP contribution < -0.4 is 5.32 Å². The van der Waals surface area contributed by atoms with Crippen LogP contribution in [-0.2, 0) is 0 Å². The second-order valence-corrected chi connectivity index (χ2v) is 5.84. The number of thiophene rings is 1. The van der Waals surface area contributed by atoms with Gasteiger partial charge in [0.1, 0.15) is 0 Å². The van der Waals surface area contributed by atoms with E-state index in [0.717, 1.165) is 11.3 Å². The highest BCUT2D eigenvalue weighted by molar-refractivity contribution is 7.17. The molecule has 3 aromatic rings. The SMILES string of the molecule is CC(Nc1ccc2sccc2c1)c1ccc([N+](=O)[O-])cc1. The molecule has 0 bridgehead atoms. The molecule has 0 aliphatic heterocycles. The zero-order valence-corrected chi connectivity index (χ0v) is 12.3. The normalized spacial score (nSPS) is 12.2. The first kappa shape index (κ1) is 13.6. The van der Waals surface area contributed by atoms with Crippen LogP contribution in [0.15, 0.2) is 53.9 Å². The molecule has 106 valence electrons. The summed E-state index contributed by atoms with van der Waals surface area (Å²) in [6, 6.07) is 15.1. The Morgan fingerprint density at radius 2 is 1.90 bits per heavy atom. The van der Waals surface area contributed by atoms with Crippen LogP contribution in [0, 0.1) is 10.1 Å². The summed E-state index contributed by atoms with van der Waals surface area (Å²) in [5.74, 6) is 0. The Bertz CT molecular complexity index is 780. The number of rotatable bonds is 4. The first-order valence-corrected chi connectivity index (χ1v) is 7.49. The number of nitro groups is 1. The number of nitrogens with zero attached hydrogens (tertiary/aromatic N) is 1. The van der Waals surface area contributed by atoms with Crippen molar-refractivity contribution in [1.29, 1.82) is 0 Å². The lowest BCUT2D eigenvalue weighted by molar-refractivity contribution is -0.384. The summed E-state index contributed by atoms with van der Waals surface area (Å²) in [5, 5.41) is 17.4. The lowest BCUT2D eigenvalue weighted by Gasteiger charge is -2.15. The molecule has 0 aliphatic carbocycles. The first-order chi connectivity index (χ1) is 10.1. The number of fused-ring (bicyclic) bond motifs is 1. The van der Waals surface area contributed by atoms with Crippen molar-refractivity contribution < 1.29 is 4.92 Å². The summed E-state index contributed by atoms with van der Waals surface area (Å²) in [5.41, 5.74) is 2.18. The third-order valence-corrected chi connectivity index (χ3v) is 4.34. The molecule has 1 N–H and O–H groups in total. The maximum absolute atomic E-state index is 10.7. The van der Waals surface area contributed by atoms with Crippen molar-refractivity contribution in [1.82, 2.24) is 0 Å². The fourth-order valence-corrected chi connectivity index (χ4v) is 3.05. The van der Waals surface area contributed by atoms with Crippen molar-refractivity contribution >= 4 is 32.8 Å². The first-order valence-electron chi connectivity index (χ1n) is 6.61. The molecule has 2 aromatic carbocycles. The summed E-state index contributed by atoms with van der Waals surface area (Å²) >= 11 is 1.72. The molecule has 3 rings (SSSR count). The molecule has 1 heterocycles. The standard InChI is InChI=1S/C16H14N2O2S/c1-11(12-2-5-15(6-3-12)18(19)20)17-14-4-7-16-13(10-14)8-9-21-16/h2-11,17H,1H3. The van der Waals surface area contributed by atoms with Gasteiger partial charge in [0.05, 0.1) is 4.92 Å². The van der Waals surface area contributed by atoms with Gasteiger partial charge in [0.2, 0.25) is 0 Å². The zero-order valence-electron chi connectivity index (χ0n) is 11.4. The van der Waals surface area contributed by atoms with Crippen LogP contribution in [-0.4, -0.2) is 4.92 Å². The number of anilines is 1. The quantitative estimate of drug-likeness (QED) is 0.545. The second kappa shape index (κ2) is 5.54. The van der Waals surface area contributed by atoms with Gasteiger partial charge in [-0.25, -0.2) is 0 Å². The molecular weight excluding hydrogens is 284 g/mol. The van der Waals surface area contributed by atoms with Crippen LogP contribution >= 0.6 is 11.3 Å². The Balaban J connectivity index is 1.78. The maximum atomic E-state index is 10.7. The molecule has 0 spiro atoms. The average molecular weight is 298 g/mol. The van der Waals surface area contributed by atoms with Crippen molar-refractivity contribution in [3.8, 4) is 0 Å². The number of nitrogens with one attached hydrogen (secondary N) is 1. The number of nitro benzene ring substituents is 1. The molecule has 0 radical (unpaired) electrons. The molecule has 1 aromatic heterocycles. The van der Waals surface area contributed by atoms with Gasteiger partial charge in [0.25, 0.3) is 5.69 Å². The number of hydrogen-bond acceptors (Lipinski definition) is 4. The average Bonchev–Trinajstić information content (AvgIpc) is 2.95. The van der Waals surface area contributed by atoms with Gasteiger partial charge in [-0.2, -0.15) is 0 Å². The van der Waals surface area contributed by atoms with E-state index in [1.54, 1.807) is 23.5 Å². The summed E-state index contributed by atoms with van der Waals surface area (Å²) in [7, 11) is 0. The molecular formula is C16H14N2O2S. The van der Waals surface area contributed by atoms with Crippen molar-refractivity contribution in [2.45, 2.75) is 13.0 Å². The molecule has 5 heteroatoms. The Labute approximate surface area is 126 Å². The highest BCUT2D eigenvalue weighted by Crippen LogP contribution is 2.27. The highest BCUT2D eigenvalue weighted by atomic mass is 32.1. The van der Waals surface area contributed by atoms with Crippen LogP contribution in [0.25, 0.3) is 10.1 Å². The Morgan fingerprint density at radius 1 is 1.14 bits per heavy atom. The van der Waals surface area contributed by atoms with Gasteiger partial charge in [-0.3, -0.25) is 10.1 Å². The van der Waals surface area contributed by atoms with Crippen LogP contribution in [0.3, 0.4) is 0 Å². The predicted molar refractivity (Wildman–Crippen MR) is 87.0 cm³/mol. The van der Waals surface area contributed by atoms with E-state index in [0.29, 0.717) is 0 Å². The molecule has 0 saturated heterocycles. The zero-order chi connectivity index (χ0) is 14.8. The van der Waals surface area contributed by atoms with Crippen molar-refractivity contribution in [3.63, 3.8) is 0 Å². The van der Waals surface area contributed by atoms with E-state index in [9.17, 15) is 10.1 Å². The smallest absolute Gasteiger partial charge is 0.269 e. The Hall–Kier alpha value is -2.40. The van der Waals surface area contributed by atoms with E-state index >= 15 is 0 Å². The molecule has 1 unspecified atom stereocenters. The lowest BCUT2D eigenvalue weighted by Crippen LogP contribution is -2.06. The Morgan fingerprint density at radius 3 is 2.62 bits per heavy atom. The predicted octanol–water partition coefficient (Wildman–Crippen LogP) is 4.98. The largest absolute Gasteiger partial charge is 0.379 e. The molecule has 1 atom stereocenters. The van der Waals surface area contributed by atoms with Crippen molar-refractivity contribution in [3.05, 3.63) is 69.6 Å². The monoisotopic (exact) mass is 298 g/mol. The topological polar surface area (TPSA) is 55.2 Å². The van der Waals surface area contributed by atoms with E-state index in [2.05, 4.69) is 35.0 Å². The van der Waals surface area contributed by atoms with Gasteiger partial charge < -0.3 is 5.32 Å². The lowest BCUT2D eigenvalue weighted by atomic mass is 10.1. The second-order valence-electron chi connectivity index (χ2n) is 4.89. The fourth-order valence-electron chi connectivity index (χ4n) is 2.27. The van der Waals surface area contributed by atoms with Gasteiger partial charge in [-0.15, -0.1) is 11.3 Å². The summed E-state index contributed by atoms with van der Waals surface area (Å²) in [4.78, 5) is 10.3. The van der Waals surface area contributed by atoms with E-state index in [-0.39, 0.29) is 16.7 Å². The fraction of sp³-hybridized carbons (Fsp3) is 0.125. The third kappa shape index (κ3) is 2.87. The van der Waals surface area contributed by atoms with Gasteiger partial charge in [-0.1, -0.05) is 12.1 Å². The molecule has 21 heavy (non-hydrogen) atoms. The van der Waals surface area contributed by atoms with Crippen LogP contribution in [0.4, 0.5) is 11.4 Å². The maximum Gasteiger partial charge on any atom is 0.269 e. The molecule has 0 aliphatic rings. The highest BCUT2D eigenvalue weighted by Gasteiger charge is 2.09. The van der Waals surface area contributed by atoms with Crippen molar-refractivity contribution in [2.75, 3.05) is 5.32 Å². The van der Waals surface area contributed by atoms with Crippen LogP contribution in [0.5, 0.6) is 0 Å². The summed E-state index contributed by atoms with van der Waals surface area (Å²) in [6.45, 7) is 2.04. The molecule has 0 amide bonds. The van der Waals surface area contributed by atoms with Gasteiger partial charge in [-0.05, 0) is 47.5 Å². The summed E-state index contributed by atoms with van der Waals surface area (Å²) < 4.78 is 1.27. The molecule has 0 fully saturated rings. The van der Waals surface area contributed by atoms with E-state index in [1.165, 1.54) is 22.2 Å². The molecule has 4 nitrogen and oxygen atoms in total. The van der Waals surface area contributed by atoms with Crippen molar-refractivity contribution in [2.24, 2.45) is 0 Å². The minimum Gasteiger partial charge on any atom is -0.379 e. The van der Waals surface area contributed by atoms with Crippen LogP contribution in [0.2, 0.25) is 0 Å². The number of benzene rings is 2.